The molecule has 0 spiro atoms. The Hall–Kier alpha value is -2.98. The van der Waals surface area contributed by atoms with Crippen LogP contribution >= 0.6 is 11.3 Å². The van der Waals surface area contributed by atoms with Crippen molar-refractivity contribution in [2.24, 2.45) is 0 Å². The molecule has 0 amide bonds. The Morgan fingerprint density at radius 3 is 2.30 bits per heavy atom. The average Bonchev–Trinajstić information content (AvgIpc) is 3.10. The number of carbonyl (C=O) groups is 1. The van der Waals surface area contributed by atoms with Crippen molar-refractivity contribution in [1.82, 2.24) is 4.98 Å². The van der Waals surface area contributed by atoms with Gasteiger partial charge in [-0.2, -0.15) is 13.2 Å². The van der Waals surface area contributed by atoms with Crippen LogP contribution in [0.3, 0.4) is 0 Å². The maximum Gasteiger partial charge on any atom is 0.416 e. The average molecular weight is 441 g/mol. The maximum absolute atomic E-state index is 12.7. The summed E-state index contributed by atoms with van der Waals surface area (Å²) in [5.41, 5.74) is 0.356. The molecule has 2 aromatic carbocycles. The first-order valence-corrected chi connectivity index (χ1v) is 9.42. The number of hydrogen-bond donors (Lipinski definition) is 1. The minimum absolute atomic E-state index is 0.0496. The molecule has 158 valence electrons. The molecular formula is C20H15F4NO4S. The van der Waals surface area contributed by atoms with Crippen molar-refractivity contribution < 1.29 is 36.9 Å². The first-order valence-electron chi connectivity index (χ1n) is 8.60. The van der Waals surface area contributed by atoms with E-state index < -0.39 is 24.4 Å². The molecule has 0 aliphatic carbocycles. The Morgan fingerprint density at radius 2 is 1.73 bits per heavy atom. The molecular weight excluding hydrogens is 426 g/mol. The van der Waals surface area contributed by atoms with Gasteiger partial charge in [-0.3, -0.25) is 0 Å². The molecule has 5 nitrogen and oxygen atoms in total. The number of halogens is 4. The van der Waals surface area contributed by atoms with Gasteiger partial charge in [-0.05, 0) is 36.4 Å². The van der Waals surface area contributed by atoms with Gasteiger partial charge in [0.2, 0.25) is 0 Å². The summed E-state index contributed by atoms with van der Waals surface area (Å²) < 4.78 is 61.2. The molecule has 0 bridgehead atoms. The van der Waals surface area contributed by atoms with Crippen LogP contribution in [0.4, 0.5) is 17.6 Å². The third-order valence-electron chi connectivity index (χ3n) is 3.92. The molecule has 10 heteroatoms. The zero-order chi connectivity index (χ0) is 21.7. The van der Waals surface area contributed by atoms with Gasteiger partial charge in [0.15, 0.2) is 0 Å². The van der Waals surface area contributed by atoms with Crippen molar-refractivity contribution in [3.63, 3.8) is 0 Å². The van der Waals surface area contributed by atoms with E-state index in [1.54, 1.807) is 12.1 Å². The van der Waals surface area contributed by atoms with E-state index in [1.807, 2.05) is 0 Å². The Morgan fingerprint density at radius 1 is 1.07 bits per heavy atom. The van der Waals surface area contributed by atoms with Crippen molar-refractivity contribution in [2.45, 2.75) is 12.8 Å². The number of aromatic carboxylic acids is 1. The molecule has 0 saturated heterocycles. The van der Waals surface area contributed by atoms with E-state index in [1.165, 1.54) is 24.3 Å². The standard InChI is InChI=1S/C20H15F4NO4S/c21-9-10-28-11-16-17(12-1-3-13(4-2-12)18(26)27)25-19(30-16)29-15-7-5-14(6-8-15)20(22,23)24/h1-8H,9-11H2,(H,26,27). The molecule has 0 aliphatic rings. The van der Waals surface area contributed by atoms with Crippen molar-refractivity contribution in [3.05, 3.63) is 64.5 Å². The van der Waals surface area contributed by atoms with Crippen LogP contribution in [-0.2, 0) is 17.5 Å². The van der Waals surface area contributed by atoms with Crippen molar-refractivity contribution >= 4 is 17.3 Å². The van der Waals surface area contributed by atoms with Gasteiger partial charge in [0.05, 0.1) is 34.9 Å². The molecule has 0 unspecified atom stereocenters. The Kier molecular flexibility index (Phi) is 6.68. The third-order valence-corrected chi connectivity index (χ3v) is 4.83. The number of carboxylic acids is 1. The second-order valence-corrected chi connectivity index (χ2v) is 7.05. The number of alkyl halides is 4. The first-order chi connectivity index (χ1) is 14.3. The SMILES string of the molecule is O=C(O)c1ccc(-c2nc(Oc3ccc(C(F)(F)F)cc3)sc2COCCF)cc1. The summed E-state index contributed by atoms with van der Waals surface area (Å²) >= 11 is 1.10. The van der Waals surface area contributed by atoms with E-state index in [9.17, 15) is 22.4 Å². The predicted molar refractivity (Wildman–Crippen MR) is 102 cm³/mol. The highest BCUT2D eigenvalue weighted by molar-refractivity contribution is 7.13. The molecule has 0 radical (unpaired) electrons. The molecule has 3 aromatic rings. The summed E-state index contributed by atoms with van der Waals surface area (Å²) in [6.07, 6.45) is -4.45. The highest BCUT2D eigenvalue weighted by Gasteiger charge is 2.30. The monoisotopic (exact) mass is 441 g/mol. The van der Waals surface area contributed by atoms with E-state index in [2.05, 4.69) is 4.98 Å². The maximum atomic E-state index is 12.7. The molecule has 1 aromatic heterocycles. The van der Waals surface area contributed by atoms with Gasteiger partial charge in [0.25, 0.3) is 5.19 Å². The summed E-state index contributed by atoms with van der Waals surface area (Å²) in [5, 5.41) is 9.18. The Labute approximate surface area is 172 Å². The minimum Gasteiger partial charge on any atom is -0.478 e. The second kappa shape index (κ2) is 9.23. The number of nitrogens with zero attached hydrogens (tertiary/aromatic N) is 1. The molecule has 30 heavy (non-hydrogen) atoms. The molecule has 3 rings (SSSR count). The van der Waals surface area contributed by atoms with Gasteiger partial charge in [0, 0.05) is 5.56 Å². The fraction of sp³-hybridized carbons (Fsp3) is 0.200. The van der Waals surface area contributed by atoms with Gasteiger partial charge in [0.1, 0.15) is 12.4 Å². The van der Waals surface area contributed by atoms with E-state index in [4.69, 9.17) is 14.6 Å². The minimum atomic E-state index is -4.45. The number of aromatic nitrogens is 1. The highest BCUT2D eigenvalue weighted by Crippen LogP contribution is 2.36. The lowest BCUT2D eigenvalue weighted by atomic mass is 10.1. The molecule has 0 saturated carbocycles. The van der Waals surface area contributed by atoms with Gasteiger partial charge >= 0.3 is 12.1 Å². The lowest BCUT2D eigenvalue weighted by Gasteiger charge is -2.07. The number of hydrogen-bond acceptors (Lipinski definition) is 5. The van der Waals surface area contributed by atoms with Crippen LogP contribution in [0.1, 0.15) is 20.8 Å². The van der Waals surface area contributed by atoms with E-state index in [-0.39, 0.29) is 29.7 Å². The molecule has 1 N–H and O–H groups in total. The number of rotatable bonds is 8. The summed E-state index contributed by atoms with van der Waals surface area (Å²) in [6, 6.07) is 10.1. The van der Waals surface area contributed by atoms with E-state index >= 15 is 0 Å². The fourth-order valence-electron chi connectivity index (χ4n) is 2.50. The largest absolute Gasteiger partial charge is 0.478 e. The van der Waals surface area contributed by atoms with Crippen LogP contribution in [-0.4, -0.2) is 29.3 Å². The number of thiazole rings is 1. The van der Waals surface area contributed by atoms with Crippen LogP contribution in [0.15, 0.2) is 48.5 Å². The van der Waals surface area contributed by atoms with Crippen molar-refractivity contribution in [2.75, 3.05) is 13.3 Å². The normalized spacial score (nSPS) is 11.5. The van der Waals surface area contributed by atoms with E-state index in [0.717, 1.165) is 23.5 Å². The Balaban J connectivity index is 1.86. The number of benzene rings is 2. The number of ether oxygens (including phenoxy) is 2. The van der Waals surface area contributed by atoms with Crippen molar-refractivity contribution in [3.8, 4) is 22.2 Å². The Bertz CT molecular complexity index is 1000. The lowest BCUT2D eigenvalue weighted by Crippen LogP contribution is -2.03. The van der Waals surface area contributed by atoms with Crippen LogP contribution in [0.5, 0.6) is 10.9 Å². The van der Waals surface area contributed by atoms with Gasteiger partial charge < -0.3 is 14.6 Å². The zero-order valence-electron chi connectivity index (χ0n) is 15.3. The number of carboxylic acid groups (broad SMARTS) is 1. The first kappa shape index (κ1) is 21.7. The fourth-order valence-corrected chi connectivity index (χ4v) is 3.39. The molecule has 0 fully saturated rings. The summed E-state index contributed by atoms with van der Waals surface area (Å²) in [6.45, 7) is -0.714. The zero-order valence-corrected chi connectivity index (χ0v) is 16.1. The topological polar surface area (TPSA) is 68.7 Å². The second-order valence-electron chi connectivity index (χ2n) is 6.00. The van der Waals surface area contributed by atoms with Gasteiger partial charge in [-0.25, -0.2) is 14.2 Å². The third kappa shape index (κ3) is 5.33. The molecule has 1 heterocycles. The predicted octanol–water partition coefficient (Wildman–Crippen LogP) is 5.81. The van der Waals surface area contributed by atoms with Crippen LogP contribution in [0, 0.1) is 0 Å². The lowest BCUT2D eigenvalue weighted by molar-refractivity contribution is -0.137. The van der Waals surface area contributed by atoms with Gasteiger partial charge in [-0.15, -0.1) is 0 Å². The summed E-state index contributed by atoms with van der Waals surface area (Å²) in [4.78, 5) is 16.0. The quantitative estimate of drug-likeness (QED) is 0.353. The summed E-state index contributed by atoms with van der Waals surface area (Å²) in [5.74, 6) is -0.904. The van der Waals surface area contributed by atoms with Crippen LogP contribution in [0.2, 0.25) is 0 Å². The van der Waals surface area contributed by atoms with Crippen LogP contribution in [0.25, 0.3) is 11.3 Å². The molecule has 0 atom stereocenters. The van der Waals surface area contributed by atoms with E-state index in [0.29, 0.717) is 16.1 Å². The summed E-state index contributed by atoms with van der Waals surface area (Å²) in [7, 11) is 0. The van der Waals surface area contributed by atoms with Gasteiger partial charge in [-0.1, -0.05) is 23.5 Å². The van der Waals surface area contributed by atoms with Crippen LogP contribution < -0.4 is 4.74 Å². The highest BCUT2D eigenvalue weighted by atomic mass is 32.1. The van der Waals surface area contributed by atoms with Crippen molar-refractivity contribution in [1.29, 1.82) is 0 Å². The molecule has 0 aliphatic heterocycles. The smallest absolute Gasteiger partial charge is 0.416 e.